The first kappa shape index (κ1) is 25.3. The van der Waals surface area contributed by atoms with E-state index >= 15 is 0 Å². The first-order chi connectivity index (χ1) is 12.4. The molecule has 8 heteroatoms. The molecule has 0 saturated heterocycles. The van der Waals surface area contributed by atoms with Crippen molar-refractivity contribution in [2.75, 3.05) is 40.3 Å². The lowest BCUT2D eigenvalue weighted by atomic mass is 10.1. The molecule has 0 unspecified atom stereocenters. The third-order valence-electron chi connectivity index (χ3n) is 4.62. The SMILES string of the molecule is CCCCCCCCCCCC1=[N+](C)CCN1CCN.COS(=O)(=O)[O-]. The van der Waals surface area contributed by atoms with E-state index in [1.807, 2.05) is 0 Å². The van der Waals surface area contributed by atoms with Crippen molar-refractivity contribution in [3.63, 3.8) is 0 Å². The van der Waals surface area contributed by atoms with Gasteiger partial charge in [0.05, 0.1) is 20.7 Å². The molecule has 1 heterocycles. The third-order valence-corrected chi connectivity index (χ3v) is 5.03. The van der Waals surface area contributed by atoms with Crippen molar-refractivity contribution >= 4 is 16.2 Å². The molecule has 0 atom stereocenters. The van der Waals surface area contributed by atoms with E-state index in [0.717, 1.165) is 20.2 Å². The lowest BCUT2D eigenvalue weighted by Crippen LogP contribution is -2.33. The van der Waals surface area contributed by atoms with Crippen LogP contribution in [0.15, 0.2) is 0 Å². The number of nitrogens with two attached hydrogens (primary N) is 1. The molecule has 1 aliphatic rings. The summed E-state index contributed by atoms with van der Waals surface area (Å²) in [6.07, 6.45) is 13.9. The van der Waals surface area contributed by atoms with Gasteiger partial charge in [0.1, 0.15) is 13.1 Å². The number of hydrogen-bond donors (Lipinski definition) is 1. The molecular formula is C18H39N3O4S. The molecule has 0 aromatic heterocycles. The molecule has 7 nitrogen and oxygen atoms in total. The number of amidine groups is 1. The molecule has 1 rings (SSSR count). The van der Waals surface area contributed by atoms with Gasteiger partial charge >= 0.3 is 0 Å². The highest BCUT2D eigenvalue weighted by Gasteiger charge is 2.26. The minimum absolute atomic E-state index is 0.773. The van der Waals surface area contributed by atoms with Crippen LogP contribution < -0.4 is 5.73 Å². The van der Waals surface area contributed by atoms with Crippen molar-refractivity contribution in [2.45, 2.75) is 71.1 Å². The molecule has 0 radical (unpaired) electrons. The summed E-state index contributed by atoms with van der Waals surface area (Å²) in [5.74, 6) is 1.53. The van der Waals surface area contributed by atoms with Crippen LogP contribution in [-0.2, 0) is 14.6 Å². The zero-order valence-corrected chi connectivity index (χ0v) is 17.7. The highest BCUT2D eigenvalue weighted by molar-refractivity contribution is 7.80. The minimum Gasteiger partial charge on any atom is -0.726 e. The largest absolute Gasteiger partial charge is 0.726 e. The monoisotopic (exact) mass is 393 g/mol. The Hall–Kier alpha value is -0.700. The fraction of sp³-hybridized carbons (Fsp3) is 0.944. The summed E-state index contributed by atoms with van der Waals surface area (Å²) in [4.78, 5) is 2.48. The van der Waals surface area contributed by atoms with Crippen LogP contribution in [0.2, 0.25) is 0 Å². The number of hydrogen-bond acceptors (Lipinski definition) is 6. The highest BCUT2D eigenvalue weighted by Crippen LogP contribution is 2.12. The van der Waals surface area contributed by atoms with Gasteiger partial charge in [-0.2, -0.15) is 0 Å². The van der Waals surface area contributed by atoms with Gasteiger partial charge in [0.2, 0.25) is 16.2 Å². The fourth-order valence-corrected chi connectivity index (χ4v) is 3.11. The Labute approximate surface area is 160 Å². The molecule has 0 aromatic carbocycles. The fourth-order valence-electron chi connectivity index (χ4n) is 3.11. The molecule has 0 amide bonds. The molecule has 1 aliphatic heterocycles. The van der Waals surface area contributed by atoms with Crippen molar-refractivity contribution < 1.29 is 21.7 Å². The molecule has 26 heavy (non-hydrogen) atoms. The van der Waals surface area contributed by atoms with Gasteiger partial charge in [-0.05, 0) is 6.42 Å². The Morgan fingerprint density at radius 1 is 1.12 bits per heavy atom. The van der Waals surface area contributed by atoms with E-state index in [2.05, 4.69) is 27.6 Å². The number of rotatable bonds is 13. The molecule has 0 spiro atoms. The third kappa shape index (κ3) is 13.5. The van der Waals surface area contributed by atoms with Gasteiger partial charge < -0.3 is 10.3 Å². The van der Waals surface area contributed by atoms with Crippen LogP contribution in [0.25, 0.3) is 0 Å². The second kappa shape index (κ2) is 15.4. The quantitative estimate of drug-likeness (QED) is 0.223. The summed E-state index contributed by atoms with van der Waals surface area (Å²) >= 11 is 0. The smallest absolute Gasteiger partial charge is 0.246 e. The van der Waals surface area contributed by atoms with Crippen LogP contribution in [-0.4, -0.2) is 68.6 Å². The average molecular weight is 394 g/mol. The standard InChI is InChI=1S/C17H36N3.CH4O4S/c1-3-4-5-6-7-8-9-10-11-12-17-19(2)15-16-20(17)14-13-18;1-5-6(2,3)4/h3-16,18H2,1-2H3;1H3,(H,2,3,4)/q+1;/p-1. The van der Waals surface area contributed by atoms with E-state index in [1.165, 1.54) is 83.1 Å². The van der Waals surface area contributed by atoms with E-state index in [0.29, 0.717) is 0 Å². The van der Waals surface area contributed by atoms with Gasteiger partial charge in [0.15, 0.2) is 0 Å². The summed E-state index contributed by atoms with van der Waals surface area (Å²) in [6, 6.07) is 0. The average Bonchev–Trinajstić information content (AvgIpc) is 2.94. The number of likely N-dealkylation sites (N-methyl/N-ethyl adjacent to an activating group) is 1. The topological polar surface area (TPSA) is 98.7 Å². The molecule has 0 fully saturated rings. The second-order valence-electron chi connectivity index (χ2n) is 6.77. The summed E-state index contributed by atoms with van der Waals surface area (Å²) < 4.78 is 33.4. The Morgan fingerprint density at radius 3 is 2.08 bits per heavy atom. The zero-order valence-electron chi connectivity index (χ0n) is 16.9. The summed E-state index contributed by atoms with van der Waals surface area (Å²) in [7, 11) is -1.38. The van der Waals surface area contributed by atoms with Crippen LogP contribution >= 0.6 is 0 Å². The van der Waals surface area contributed by atoms with E-state index in [9.17, 15) is 13.0 Å². The van der Waals surface area contributed by atoms with Crippen molar-refractivity contribution in [1.82, 2.24) is 4.90 Å². The highest BCUT2D eigenvalue weighted by atomic mass is 32.3. The molecular weight excluding hydrogens is 354 g/mol. The Balaban J connectivity index is 0.000000896. The maximum absolute atomic E-state index is 9.22. The number of nitrogens with zero attached hydrogens (tertiary/aromatic N) is 2. The minimum atomic E-state index is -4.41. The van der Waals surface area contributed by atoms with E-state index in [-0.39, 0.29) is 0 Å². The van der Waals surface area contributed by atoms with Gasteiger partial charge in [-0.1, -0.05) is 58.3 Å². The lowest BCUT2D eigenvalue weighted by Gasteiger charge is -2.12. The van der Waals surface area contributed by atoms with Gasteiger partial charge in [-0.3, -0.25) is 13.7 Å². The van der Waals surface area contributed by atoms with Crippen molar-refractivity contribution in [3.8, 4) is 0 Å². The van der Waals surface area contributed by atoms with Gasteiger partial charge in [-0.25, -0.2) is 8.42 Å². The zero-order chi connectivity index (χ0) is 19.8. The second-order valence-corrected chi connectivity index (χ2v) is 7.92. The summed E-state index contributed by atoms with van der Waals surface area (Å²) in [5, 5.41) is 0. The molecule has 2 N–H and O–H groups in total. The predicted molar refractivity (Wildman–Crippen MR) is 105 cm³/mol. The van der Waals surface area contributed by atoms with Crippen LogP contribution in [0.4, 0.5) is 0 Å². The maximum Gasteiger partial charge on any atom is 0.246 e. The van der Waals surface area contributed by atoms with E-state index in [4.69, 9.17) is 5.73 Å². The summed E-state index contributed by atoms with van der Waals surface area (Å²) in [5.41, 5.74) is 5.69. The molecule has 156 valence electrons. The van der Waals surface area contributed by atoms with Crippen molar-refractivity contribution in [1.29, 1.82) is 0 Å². The Morgan fingerprint density at radius 2 is 1.62 bits per heavy atom. The predicted octanol–water partition coefficient (Wildman–Crippen LogP) is 2.32. The van der Waals surface area contributed by atoms with E-state index in [1.54, 1.807) is 0 Å². The summed E-state index contributed by atoms with van der Waals surface area (Å²) in [6.45, 7) is 6.42. The lowest BCUT2D eigenvalue weighted by molar-refractivity contribution is -0.487. The van der Waals surface area contributed by atoms with Crippen molar-refractivity contribution in [3.05, 3.63) is 0 Å². The molecule has 0 saturated carbocycles. The number of unbranched alkanes of at least 4 members (excludes halogenated alkanes) is 8. The Kier molecular flexibility index (Phi) is 15.0. The Bertz CT molecular complexity index is 481. The van der Waals surface area contributed by atoms with E-state index < -0.39 is 10.4 Å². The van der Waals surface area contributed by atoms with Gasteiger partial charge in [0.25, 0.3) is 0 Å². The molecule has 0 aromatic rings. The molecule has 0 bridgehead atoms. The first-order valence-electron chi connectivity index (χ1n) is 9.89. The van der Waals surface area contributed by atoms with Gasteiger partial charge in [-0.15, -0.1) is 0 Å². The van der Waals surface area contributed by atoms with Crippen LogP contribution in [0, 0.1) is 0 Å². The molecule has 0 aliphatic carbocycles. The first-order valence-corrected chi connectivity index (χ1v) is 11.2. The van der Waals surface area contributed by atoms with Crippen LogP contribution in [0.3, 0.4) is 0 Å². The maximum atomic E-state index is 9.22. The van der Waals surface area contributed by atoms with Gasteiger partial charge in [0, 0.05) is 13.0 Å². The normalized spacial score (nSPS) is 14.6. The van der Waals surface area contributed by atoms with Crippen LogP contribution in [0.5, 0.6) is 0 Å². The van der Waals surface area contributed by atoms with Crippen LogP contribution in [0.1, 0.15) is 71.1 Å². The van der Waals surface area contributed by atoms with Crippen molar-refractivity contribution in [2.24, 2.45) is 5.73 Å².